The van der Waals surface area contributed by atoms with Crippen molar-refractivity contribution in [1.29, 1.82) is 5.26 Å². The summed E-state index contributed by atoms with van der Waals surface area (Å²) in [7, 11) is 0. The van der Waals surface area contributed by atoms with Gasteiger partial charge in [-0.2, -0.15) is 5.26 Å². The van der Waals surface area contributed by atoms with Crippen LogP contribution in [0, 0.1) is 17.2 Å². The van der Waals surface area contributed by atoms with Crippen molar-refractivity contribution >= 4 is 49.2 Å². The molecule has 9 rings (SSSR count). The molecular formula is C43H29N3. The van der Waals surface area contributed by atoms with Crippen LogP contribution in [-0.4, -0.2) is 9.13 Å². The van der Waals surface area contributed by atoms with Crippen LogP contribution in [0.1, 0.15) is 12.0 Å². The summed E-state index contributed by atoms with van der Waals surface area (Å²) in [4.78, 5) is 0. The molecule has 6 aromatic carbocycles. The first kappa shape index (κ1) is 26.3. The molecule has 3 nitrogen and oxygen atoms in total. The number of allylic oxidation sites excluding steroid dienone is 4. The first-order chi connectivity index (χ1) is 22.8. The summed E-state index contributed by atoms with van der Waals surface area (Å²) in [5.74, 6) is -0.0245. The zero-order valence-electron chi connectivity index (χ0n) is 25.1. The Balaban J connectivity index is 1.10. The second-order valence-corrected chi connectivity index (χ2v) is 12.0. The van der Waals surface area contributed by atoms with Crippen LogP contribution < -0.4 is 0 Å². The summed E-state index contributed by atoms with van der Waals surface area (Å²) in [6.45, 7) is 0. The maximum atomic E-state index is 9.22. The Morgan fingerprint density at radius 2 is 0.978 bits per heavy atom. The van der Waals surface area contributed by atoms with E-state index in [1.54, 1.807) is 0 Å². The fourth-order valence-electron chi connectivity index (χ4n) is 7.17. The Labute approximate surface area is 267 Å². The monoisotopic (exact) mass is 587 g/mol. The second kappa shape index (κ2) is 10.5. The molecule has 0 fully saturated rings. The van der Waals surface area contributed by atoms with E-state index in [1.807, 2.05) is 6.08 Å². The average molecular weight is 588 g/mol. The number of nitrogens with zero attached hydrogens (tertiary/aromatic N) is 3. The maximum Gasteiger partial charge on any atom is 0.0700 e. The lowest BCUT2D eigenvalue weighted by Crippen LogP contribution is -1.97. The topological polar surface area (TPSA) is 33.6 Å². The number of hydrogen-bond acceptors (Lipinski definition) is 1. The highest BCUT2D eigenvalue weighted by atomic mass is 15.0. The Kier molecular flexibility index (Phi) is 6.01. The maximum absolute atomic E-state index is 9.22. The molecule has 2 heterocycles. The minimum Gasteiger partial charge on any atom is -0.309 e. The summed E-state index contributed by atoms with van der Waals surface area (Å²) in [6.07, 6.45) is 7.01. The lowest BCUT2D eigenvalue weighted by Gasteiger charge is -2.13. The number of hydrogen-bond donors (Lipinski definition) is 0. The van der Waals surface area contributed by atoms with Crippen LogP contribution in [0.2, 0.25) is 0 Å². The molecule has 0 saturated heterocycles. The van der Waals surface area contributed by atoms with Gasteiger partial charge in [-0.25, -0.2) is 0 Å². The lowest BCUT2D eigenvalue weighted by molar-refractivity contribution is 0.840. The molecule has 0 saturated carbocycles. The molecule has 1 aliphatic rings. The number of para-hydroxylation sites is 3. The van der Waals surface area contributed by atoms with E-state index in [0.29, 0.717) is 0 Å². The van der Waals surface area contributed by atoms with Crippen molar-refractivity contribution in [2.24, 2.45) is 5.92 Å². The van der Waals surface area contributed by atoms with Gasteiger partial charge < -0.3 is 9.13 Å². The van der Waals surface area contributed by atoms with Crippen molar-refractivity contribution in [2.45, 2.75) is 6.42 Å². The average Bonchev–Trinajstić information content (AvgIpc) is 3.64. The van der Waals surface area contributed by atoms with Gasteiger partial charge in [-0.05, 0) is 83.3 Å². The van der Waals surface area contributed by atoms with Gasteiger partial charge in [-0.15, -0.1) is 0 Å². The first-order valence-corrected chi connectivity index (χ1v) is 15.8. The highest BCUT2D eigenvalue weighted by Crippen LogP contribution is 2.37. The van der Waals surface area contributed by atoms with Crippen molar-refractivity contribution in [3.8, 4) is 28.6 Å². The lowest BCUT2D eigenvalue weighted by atomic mass is 9.94. The Morgan fingerprint density at radius 1 is 0.500 bits per heavy atom. The molecular weight excluding hydrogens is 558 g/mol. The minimum absolute atomic E-state index is 0.0245. The van der Waals surface area contributed by atoms with Gasteiger partial charge in [-0.1, -0.05) is 103 Å². The van der Waals surface area contributed by atoms with Crippen LogP contribution >= 0.6 is 0 Å². The summed E-state index contributed by atoms with van der Waals surface area (Å²) < 4.78 is 4.72. The van der Waals surface area contributed by atoms with Crippen LogP contribution in [-0.2, 0) is 0 Å². The molecule has 0 bridgehead atoms. The summed E-state index contributed by atoms with van der Waals surface area (Å²) in [5, 5.41) is 14.2. The second-order valence-electron chi connectivity index (χ2n) is 12.0. The number of rotatable bonds is 4. The van der Waals surface area contributed by atoms with Gasteiger partial charge in [0.05, 0.1) is 34.1 Å². The third kappa shape index (κ3) is 4.12. The molecule has 8 aromatic rings. The third-order valence-electron chi connectivity index (χ3n) is 9.44. The Hall–Kier alpha value is -6.11. The van der Waals surface area contributed by atoms with E-state index in [9.17, 15) is 5.26 Å². The van der Waals surface area contributed by atoms with Crippen LogP contribution in [0.25, 0.3) is 71.7 Å². The minimum atomic E-state index is -0.0245. The van der Waals surface area contributed by atoms with Crippen LogP contribution in [0.3, 0.4) is 0 Å². The number of benzene rings is 6. The molecule has 0 aliphatic heterocycles. The molecule has 1 aliphatic carbocycles. The van der Waals surface area contributed by atoms with E-state index in [0.717, 1.165) is 17.8 Å². The highest BCUT2D eigenvalue weighted by Gasteiger charge is 2.15. The smallest absolute Gasteiger partial charge is 0.0700 e. The van der Waals surface area contributed by atoms with Crippen molar-refractivity contribution < 1.29 is 0 Å². The predicted octanol–water partition coefficient (Wildman–Crippen LogP) is 11.0. The van der Waals surface area contributed by atoms with E-state index < -0.39 is 0 Å². The molecule has 3 heteroatoms. The summed E-state index contributed by atoms with van der Waals surface area (Å²) >= 11 is 0. The molecule has 2 aromatic heterocycles. The van der Waals surface area contributed by atoms with Crippen LogP contribution in [0.4, 0.5) is 0 Å². The molecule has 0 amide bonds. The Morgan fingerprint density at radius 3 is 1.50 bits per heavy atom. The fraction of sp³-hybridized carbons (Fsp3) is 0.0465. The van der Waals surface area contributed by atoms with E-state index >= 15 is 0 Å². The summed E-state index contributed by atoms with van der Waals surface area (Å²) in [6, 6.07) is 52.9. The van der Waals surface area contributed by atoms with Crippen molar-refractivity contribution in [3.05, 3.63) is 163 Å². The van der Waals surface area contributed by atoms with E-state index in [4.69, 9.17) is 0 Å². The fourth-order valence-corrected chi connectivity index (χ4v) is 7.17. The molecule has 0 N–H and O–H groups in total. The van der Waals surface area contributed by atoms with Gasteiger partial charge in [0.25, 0.3) is 0 Å². The third-order valence-corrected chi connectivity index (χ3v) is 9.44. The van der Waals surface area contributed by atoms with E-state index in [1.165, 1.54) is 65.9 Å². The van der Waals surface area contributed by atoms with Crippen LogP contribution in [0.15, 0.2) is 158 Å². The van der Waals surface area contributed by atoms with Gasteiger partial charge in [0.15, 0.2) is 0 Å². The SMILES string of the molecule is N#CC1C=CC(c2ccc(-n3c4ccccc4c4cc(-c5ccc(-n6c7ccccc7c7ccccc76)cc5)ccc43)cc2)=CC1. The van der Waals surface area contributed by atoms with Gasteiger partial charge >= 0.3 is 0 Å². The first-order valence-electron chi connectivity index (χ1n) is 15.8. The van der Waals surface area contributed by atoms with Gasteiger partial charge in [0.1, 0.15) is 0 Å². The normalized spacial score (nSPS) is 14.7. The molecule has 0 radical (unpaired) electrons. The number of aromatic nitrogens is 2. The quantitative estimate of drug-likeness (QED) is 0.202. The standard InChI is InChI=1S/C43H29N3/c44-28-29-13-15-30(16-14-29)31-17-22-35(23-18-31)46-42-12-6-3-9-38(42)39-27-33(21-26-43(39)46)32-19-24-34(25-20-32)45-40-10-4-1-7-36(40)37-8-2-5-11-41(37)45/h1-13,15-27,29H,14H2. The van der Waals surface area contributed by atoms with Gasteiger partial charge in [-0.3, -0.25) is 0 Å². The van der Waals surface area contributed by atoms with Gasteiger partial charge in [0, 0.05) is 32.9 Å². The predicted molar refractivity (Wildman–Crippen MR) is 191 cm³/mol. The summed E-state index contributed by atoms with van der Waals surface area (Å²) in [5.41, 5.74) is 11.9. The zero-order chi connectivity index (χ0) is 30.6. The van der Waals surface area contributed by atoms with Gasteiger partial charge in [0.2, 0.25) is 0 Å². The molecule has 1 unspecified atom stereocenters. The largest absolute Gasteiger partial charge is 0.309 e. The van der Waals surface area contributed by atoms with Crippen molar-refractivity contribution in [1.82, 2.24) is 9.13 Å². The van der Waals surface area contributed by atoms with Crippen molar-refractivity contribution in [2.75, 3.05) is 0 Å². The zero-order valence-corrected chi connectivity index (χ0v) is 25.1. The highest BCUT2D eigenvalue weighted by molar-refractivity contribution is 6.11. The van der Waals surface area contributed by atoms with Crippen molar-refractivity contribution in [3.63, 3.8) is 0 Å². The molecule has 1 atom stereocenters. The number of fused-ring (bicyclic) bond motifs is 6. The van der Waals surface area contributed by atoms with E-state index in [-0.39, 0.29) is 5.92 Å². The molecule has 216 valence electrons. The van der Waals surface area contributed by atoms with Crippen LogP contribution in [0.5, 0.6) is 0 Å². The molecule has 46 heavy (non-hydrogen) atoms. The van der Waals surface area contributed by atoms with E-state index in [2.05, 4.69) is 167 Å². The Bertz CT molecular complexity index is 2500. The molecule has 0 spiro atoms. The number of nitriles is 1.